The van der Waals surface area contributed by atoms with Gasteiger partial charge in [0.2, 0.25) is 19.9 Å². The summed E-state index contributed by atoms with van der Waals surface area (Å²) in [6.07, 6.45) is 0. The van der Waals surface area contributed by atoms with Crippen LogP contribution in [0.25, 0.3) is 0 Å². The molecule has 0 bridgehead atoms. The van der Waals surface area contributed by atoms with E-state index >= 15 is 0 Å². The summed E-state index contributed by atoms with van der Waals surface area (Å²) in [7, 11) is -7.77. The first kappa shape index (κ1) is 20.6. The average Bonchev–Trinajstić information content (AvgIpc) is 2.69. The van der Waals surface area contributed by atoms with Crippen LogP contribution in [0, 0.1) is 0 Å². The van der Waals surface area contributed by atoms with Crippen molar-refractivity contribution in [2.45, 2.75) is 21.2 Å². The highest BCUT2D eigenvalue weighted by atomic mass is 32.2. The minimum atomic E-state index is -3.95. The molecule has 0 saturated heterocycles. The number of rotatable bonds is 6. The first-order chi connectivity index (χ1) is 13.6. The third kappa shape index (κ3) is 4.50. The van der Waals surface area contributed by atoms with Gasteiger partial charge in [0.1, 0.15) is 5.75 Å². The Balaban J connectivity index is 1.76. The summed E-state index contributed by atoms with van der Waals surface area (Å²) in [5.74, 6) is -1.17. The predicted octanol–water partition coefficient (Wildman–Crippen LogP) is 2.11. The Bertz CT molecular complexity index is 1250. The zero-order valence-electron chi connectivity index (χ0n) is 14.8. The summed E-state index contributed by atoms with van der Waals surface area (Å²) < 4.78 is 52.1. The molecule has 0 fully saturated rings. The first-order valence-corrected chi connectivity index (χ1v) is 11.2. The molecule has 3 rings (SSSR count). The van der Waals surface area contributed by atoms with Crippen molar-refractivity contribution in [3.8, 4) is 17.2 Å². The Morgan fingerprint density at radius 2 is 1.34 bits per heavy atom. The van der Waals surface area contributed by atoms with E-state index in [2.05, 4.69) is 4.72 Å². The number of hydrogen-bond donors (Lipinski definition) is 4. The van der Waals surface area contributed by atoms with Gasteiger partial charge in [-0.25, -0.2) is 21.6 Å². The van der Waals surface area contributed by atoms with Gasteiger partial charge in [0.25, 0.3) is 0 Å². The van der Waals surface area contributed by atoms with Crippen molar-refractivity contribution in [1.82, 2.24) is 4.72 Å². The van der Waals surface area contributed by atoms with Gasteiger partial charge in [-0.3, -0.25) is 0 Å². The predicted molar refractivity (Wildman–Crippen MR) is 104 cm³/mol. The zero-order chi connectivity index (χ0) is 21.2. The van der Waals surface area contributed by atoms with Crippen LogP contribution in [0.1, 0.15) is 5.56 Å². The maximum atomic E-state index is 12.6. The number of benzene rings is 3. The lowest BCUT2D eigenvalue weighted by atomic mass is 10.2. The SMILES string of the molecule is O=S(=O)(NCc1ccc(S(=O)(=O)c2cccc(O)c2)cc1)c1ccc(O)c(O)c1. The third-order valence-corrected chi connectivity index (χ3v) is 7.25. The number of aromatic hydroxyl groups is 3. The van der Waals surface area contributed by atoms with Gasteiger partial charge in [0.05, 0.1) is 14.7 Å². The molecule has 152 valence electrons. The van der Waals surface area contributed by atoms with Crippen LogP contribution in [0.5, 0.6) is 17.2 Å². The van der Waals surface area contributed by atoms with Gasteiger partial charge in [0.15, 0.2) is 11.5 Å². The number of phenolic OH excluding ortho intramolecular Hbond substituents is 3. The molecule has 0 unspecified atom stereocenters. The molecule has 0 spiro atoms. The minimum absolute atomic E-state index is 0.00170. The molecule has 3 aromatic rings. The van der Waals surface area contributed by atoms with Crippen molar-refractivity contribution in [2.24, 2.45) is 0 Å². The van der Waals surface area contributed by atoms with Crippen LogP contribution in [-0.4, -0.2) is 32.2 Å². The van der Waals surface area contributed by atoms with E-state index in [1.54, 1.807) is 0 Å². The largest absolute Gasteiger partial charge is 0.508 e. The molecule has 0 aromatic heterocycles. The van der Waals surface area contributed by atoms with E-state index in [-0.39, 0.29) is 27.0 Å². The lowest BCUT2D eigenvalue weighted by molar-refractivity contribution is 0.402. The van der Waals surface area contributed by atoms with Gasteiger partial charge in [-0.2, -0.15) is 0 Å². The molecule has 0 aliphatic heterocycles. The second-order valence-corrected chi connectivity index (χ2v) is 9.84. The summed E-state index contributed by atoms with van der Waals surface area (Å²) in [6.45, 7) is -0.115. The van der Waals surface area contributed by atoms with Crippen molar-refractivity contribution in [3.63, 3.8) is 0 Å². The molecule has 29 heavy (non-hydrogen) atoms. The monoisotopic (exact) mass is 435 g/mol. The maximum absolute atomic E-state index is 12.6. The van der Waals surface area contributed by atoms with Crippen molar-refractivity contribution >= 4 is 19.9 Å². The highest BCUT2D eigenvalue weighted by molar-refractivity contribution is 7.91. The van der Waals surface area contributed by atoms with Crippen LogP contribution in [0.15, 0.2) is 81.4 Å². The lowest BCUT2D eigenvalue weighted by Crippen LogP contribution is -2.23. The Kier molecular flexibility index (Phi) is 5.51. The molecule has 0 aliphatic carbocycles. The Labute approximate surface area is 167 Å². The highest BCUT2D eigenvalue weighted by Crippen LogP contribution is 2.27. The van der Waals surface area contributed by atoms with Gasteiger partial charge in [0, 0.05) is 12.6 Å². The molecule has 0 saturated carbocycles. The van der Waals surface area contributed by atoms with Crippen molar-refractivity contribution in [3.05, 3.63) is 72.3 Å². The number of sulfonamides is 1. The molecule has 10 heteroatoms. The second kappa shape index (κ2) is 7.74. The summed E-state index contributed by atoms with van der Waals surface area (Å²) in [6, 6.07) is 14.0. The molecular weight excluding hydrogens is 418 g/mol. The molecule has 0 radical (unpaired) electrons. The molecule has 0 atom stereocenters. The molecule has 0 aliphatic rings. The van der Waals surface area contributed by atoms with E-state index < -0.39 is 31.4 Å². The van der Waals surface area contributed by atoms with E-state index in [1.165, 1.54) is 42.5 Å². The summed E-state index contributed by atoms with van der Waals surface area (Å²) in [5.41, 5.74) is 0.506. The smallest absolute Gasteiger partial charge is 0.241 e. The van der Waals surface area contributed by atoms with Crippen LogP contribution >= 0.6 is 0 Å². The van der Waals surface area contributed by atoms with E-state index in [0.717, 1.165) is 24.3 Å². The van der Waals surface area contributed by atoms with E-state index in [4.69, 9.17) is 0 Å². The van der Waals surface area contributed by atoms with Gasteiger partial charge >= 0.3 is 0 Å². The van der Waals surface area contributed by atoms with Crippen molar-refractivity contribution < 1.29 is 32.2 Å². The molecule has 0 heterocycles. The standard InChI is InChI=1S/C19H17NO7S2/c21-14-2-1-3-16(10-14)28(24,25)15-6-4-13(5-7-15)12-20-29(26,27)17-8-9-18(22)19(23)11-17/h1-11,20-23H,12H2. The minimum Gasteiger partial charge on any atom is -0.508 e. The van der Waals surface area contributed by atoms with E-state index in [1.807, 2.05) is 0 Å². The summed E-state index contributed by atoms with van der Waals surface area (Å²) in [5, 5.41) is 28.2. The number of nitrogens with one attached hydrogen (secondary N) is 1. The topological polar surface area (TPSA) is 141 Å². The average molecular weight is 435 g/mol. The van der Waals surface area contributed by atoms with E-state index in [0.29, 0.717) is 5.56 Å². The van der Waals surface area contributed by atoms with Gasteiger partial charge in [-0.1, -0.05) is 18.2 Å². The number of phenols is 3. The van der Waals surface area contributed by atoms with Crippen LogP contribution < -0.4 is 4.72 Å². The third-order valence-electron chi connectivity index (χ3n) is 4.09. The molecule has 4 N–H and O–H groups in total. The van der Waals surface area contributed by atoms with Crippen molar-refractivity contribution in [1.29, 1.82) is 0 Å². The van der Waals surface area contributed by atoms with Crippen LogP contribution in [0.4, 0.5) is 0 Å². The fourth-order valence-electron chi connectivity index (χ4n) is 2.51. The Morgan fingerprint density at radius 1 is 0.690 bits per heavy atom. The fourth-order valence-corrected chi connectivity index (χ4v) is 4.84. The molecule has 8 nitrogen and oxygen atoms in total. The molecule has 3 aromatic carbocycles. The Hall–Kier alpha value is -3.08. The fraction of sp³-hybridized carbons (Fsp3) is 0.0526. The highest BCUT2D eigenvalue weighted by Gasteiger charge is 2.19. The summed E-state index contributed by atoms with van der Waals surface area (Å²) in [4.78, 5) is -0.285. The van der Waals surface area contributed by atoms with Crippen molar-refractivity contribution in [2.75, 3.05) is 0 Å². The van der Waals surface area contributed by atoms with Crippen LogP contribution in [0.3, 0.4) is 0 Å². The van der Waals surface area contributed by atoms with Gasteiger partial charge in [-0.05, 0) is 48.0 Å². The van der Waals surface area contributed by atoms with Gasteiger partial charge in [-0.15, -0.1) is 0 Å². The van der Waals surface area contributed by atoms with Gasteiger partial charge < -0.3 is 15.3 Å². The zero-order valence-corrected chi connectivity index (χ0v) is 16.5. The number of hydrogen-bond acceptors (Lipinski definition) is 7. The first-order valence-electron chi connectivity index (χ1n) is 8.24. The number of sulfone groups is 1. The van der Waals surface area contributed by atoms with Crippen LogP contribution in [0.2, 0.25) is 0 Å². The lowest BCUT2D eigenvalue weighted by Gasteiger charge is -2.09. The Morgan fingerprint density at radius 3 is 1.97 bits per heavy atom. The quantitative estimate of drug-likeness (QED) is 0.435. The normalized spacial score (nSPS) is 12.0. The molecular formula is C19H17NO7S2. The second-order valence-electron chi connectivity index (χ2n) is 6.12. The molecule has 0 amide bonds. The van der Waals surface area contributed by atoms with Crippen LogP contribution in [-0.2, 0) is 26.4 Å². The maximum Gasteiger partial charge on any atom is 0.241 e. The van der Waals surface area contributed by atoms with E-state index in [9.17, 15) is 32.2 Å². The summed E-state index contributed by atoms with van der Waals surface area (Å²) >= 11 is 0.